The Bertz CT molecular complexity index is 424. The molecule has 1 aliphatic carbocycles. The van der Waals surface area contributed by atoms with E-state index in [1.165, 1.54) is 31.0 Å². The molecule has 0 bridgehead atoms. The molecule has 3 unspecified atom stereocenters. The third kappa shape index (κ3) is 3.57. The topological polar surface area (TPSA) is 12.0 Å². The quantitative estimate of drug-likeness (QED) is 0.856. The number of hydrogen-bond acceptors (Lipinski definition) is 1. The molecule has 1 aliphatic rings. The summed E-state index contributed by atoms with van der Waals surface area (Å²) in [7, 11) is 0. The number of rotatable bonds is 4. The molecule has 112 valence electrons. The van der Waals surface area contributed by atoms with Crippen molar-refractivity contribution in [3.05, 3.63) is 35.4 Å². The lowest BCUT2D eigenvalue weighted by Crippen LogP contribution is -2.42. The fraction of sp³-hybridized carbons (Fsp3) is 0.647. The van der Waals surface area contributed by atoms with Gasteiger partial charge in [0.1, 0.15) is 11.6 Å². The molecule has 0 saturated heterocycles. The molecule has 20 heavy (non-hydrogen) atoms. The number of benzene rings is 1. The van der Waals surface area contributed by atoms with Gasteiger partial charge in [0.15, 0.2) is 0 Å². The minimum absolute atomic E-state index is 0.160. The normalized spacial score (nSPS) is 27.0. The molecule has 0 aliphatic heterocycles. The molecule has 0 aromatic heterocycles. The standard InChI is InChI=1S/C17H25F2N/c1-11(2)13-8-7-12(3)9-17(13)20-10-14-15(18)5-4-6-16(14)19/h4-6,11-13,17,20H,7-10H2,1-3H3. The lowest BCUT2D eigenvalue weighted by Gasteiger charge is -2.38. The minimum atomic E-state index is -0.456. The molecule has 0 amide bonds. The van der Waals surface area contributed by atoms with Gasteiger partial charge in [0.2, 0.25) is 0 Å². The van der Waals surface area contributed by atoms with Crippen molar-refractivity contribution in [2.45, 2.75) is 52.6 Å². The van der Waals surface area contributed by atoms with Crippen LogP contribution < -0.4 is 5.32 Å². The van der Waals surface area contributed by atoms with Crippen LogP contribution in [0.25, 0.3) is 0 Å². The van der Waals surface area contributed by atoms with Crippen LogP contribution in [-0.2, 0) is 6.54 Å². The van der Waals surface area contributed by atoms with Crippen molar-refractivity contribution in [2.24, 2.45) is 17.8 Å². The summed E-state index contributed by atoms with van der Waals surface area (Å²) in [5.41, 5.74) is 0.160. The number of hydrogen-bond donors (Lipinski definition) is 1. The van der Waals surface area contributed by atoms with Gasteiger partial charge in [0, 0.05) is 18.2 Å². The van der Waals surface area contributed by atoms with Gasteiger partial charge >= 0.3 is 0 Å². The average molecular weight is 281 g/mol. The SMILES string of the molecule is CC1CCC(C(C)C)C(NCc2c(F)cccc2F)C1. The summed E-state index contributed by atoms with van der Waals surface area (Å²) in [6, 6.07) is 4.42. The monoisotopic (exact) mass is 281 g/mol. The van der Waals surface area contributed by atoms with Crippen LogP contribution in [0.5, 0.6) is 0 Å². The van der Waals surface area contributed by atoms with Gasteiger partial charge in [0.25, 0.3) is 0 Å². The lowest BCUT2D eigenvalue weighted by atomic mass is 9.74. The van der Waals surface area contributed by atoms with Crippen molar-refractivity contribution in [1.29, 1.82) is 0 Å². The predicted molar refractivity (Wildman–Crippen MR) is 78.3 cm³/mol. The first kappa shape index (κ1) is 15.4. The van der Waals surface area contributed by atoms with Crippen LogP contribution in [0, 0.1) is 29.4 Å². The smallest absolute Gasteiger partial charge is 0.130 e. The van der Waals surface area contributed by atoms with E-state index in [1.807, 2.05) is 0 Å². The van der Waals surface area contributed by atoms with Crippen LogP contribution in [0.4, 0.5) is 8.78 Å². The first-order chi connectivity index (χ1) is 9.49. The average Bonchev–Trinajstić information content (AvgIpc) is 2.37. The molecule has 1 aromatic carbocycles. The van der Waals surface area contributed by atoms with Crippen molar-refractivity contribution in [3.63, 3.8) is 0 Å². The van der Waals surface area contributed by atoms with E-state index in [4.69, 9.17) is 0 Å². The van der Waals surface area contributed by atoms with Gasteiger partial charge < -0.3 is 5.32 Å². The van der Waals surface area contributed by atoms with E-state index in [9.17, 15) is 8.78 Å². The second-order valence-electron chi connectivity index (χ2n) is 6.51. The summed E-state index contributed by atoms with van der Waals surface area (Å²) in [6.07, 6.45) is 3.56. The molecule has 2 rings (SSSR count). The number of nitrogens with one attached hydrogen (secondary N) is 1. The van der Waals surface area contributed by atoms with Crippen LogP contribution >= 0.6 is 0 Å². The molecular formula is C17H25F2N. The van der Waals surface area contributed by atoms with Crippen LogP contribution in [0.1, 0.15) is 45.6 Å². The van der Waals surface area contributed by atoms with Crippen LogP contribution in [-0.4, -0.2) is 6.04 Å². The highest BCUT2D eigenvalue weighted by molar-refractivity contribution is 5.19. The molecule has 1 nitrogen and oxygen atoms in total. The summed E-state index contributed by atoms with van der Waals surface area (Å²) in [4.78, 5) is 0. The highest BCUT2D eigenvalue weighted by atomic mass is 19.1. The zero-order chi connectivity index (χ0) is 14.7. The van der Waals surface area contributed by atoms with E-state index >= 15 is 0 Å². The van der Waals surface area contributed by atoms with Gasteiger partial charge in [-0.05, 0) is 42.7 Å². The van der Waals surface area contributed by atoms with Gasteiger partial charge in [-0.2, -0.15) is 0 Å². The zero-order valence-corrected chi connectivity index (χ0v) is 12.6. The largest absolute Gasteiger partial charge is 0.309 e. The van der Waals surface area contributed by atoms with E-state index in [0.29, 0.717) is 23.8 Å². The van der Waals surface area contributed by atoms with Gasteiger partial charge in [-0.15, -0.1) is 0 Å². The first-order valence-corrected chi connectivity index (χ1v) is 7.65. The molecule has 0 spiro atoms. The molecule has 0 heterocycles. The summed E-state index contributed by atoms with van der Waals surface area (Å²) in [5.74, 6) is 0.976. The molecule has 1 saturated carbocycles. The van der Waals surface area contributed by atoms with Crippen molar-refractivity contribution < 1.29 is 8.78 Å². The fourth-order valence-electron chi connectivity index (χ4n) is 3.37. The predicted octanol–water partition coefficient (Wildman–Crippen LogP) is 4.52. The molecule has 1 N–H and O–H groups in total. The highest BCUT2D eigenvalue weighted by Crippen LogP contribution is 2.33. The first-order valence-electron chi connectivity index (χ1n) is 7.65. The summed E-state index contributed by atoms with van der Waals surface area (Å²) in [5, 5.41) is 3.40. The Morgan fingerprint density at radius 3 is 2.45 bits per heavy atom. The molecule has 0 radical (unpaired) electrons. The molecule has 3 heteroatoms. The Hall–Kier alpha value is -0.960. The minimum Gasteiger partial charge on any atom is -0.309 e. The summed E-state index contributed by atoms with van der Waals surface area (Å²) < 4.78 is 27.3. The van der Waals surface area contributed by atoms with Gasteiger partial charge in [-0.25, -0.2) is 8.78 Å². The van der Waals surface area contributed by atoms with Crippen LogP contribution in [0.15, 0.2) is 18.2 Å². The fourth-order valence-corrected chi connectivity index (χ4v) is 3.37. The molecular weight excluding hydrogens is 256 g/mol. The van der Waals surface area contributed by atoms with Gasteiger partial charge in [-0.1, -0.05) is 33.3 Å². The molecule has 1 fully saturated rings. The Labute approximate surface area is 120 Å². The summed E-state index contributed by atoms with van der Waals surface area (Å²) in [6.45, 7) is 7.01. The van der Waals surface area contributed by atoms with Crippen molar-refractivity contribution in [2.75, 3.05) is 0 Å². The highest BCUT2D eigenvalue weighted by Gasteiger charge is 2.30. The van der Waals surface area contributed by atoms with Gasteiger partial charge in [-0.3, -0.25) is 0 Å². The zero-order valence-electron chi connectivity index (χ0n) is 12.6. The van der Waals surface area contributed by atoms with Crippen molar-refractivity contribution >= 4 is 0 Å². The Morgan fingerprint density at radius 1 is 1.20 bits per heavy atom. The van der Waals surface area contributed by atoms with E-state index in [1.54, 1.807) is 0 Å². The van der Waals surface area contributed by atoms with Crippen molar-refractivity contribution in [3.8, 4) is 0 Å². The third-order valence-electron chi connectivity index (χ3n) is 4.62. The maximum Gasteiger partial charge on any atom is 0.130 e. The van der Waals surface area contributed by atoms with E-state index in [0.717, 1.165) is 6.42 Å². The third-order valence-corrected chi connectivity index (χ3v) is 4.62. The maximum absolute atomic E-state index is 13.7. The van der Waals surface area contributed by atoms with Crippen LogP contribution in [0.2, 0.25) is 0 Å². The van der Waals surface area contributed by atoms with Crippen LogP contribution in [0.3, 0.4) is 0 Å². The maximum atomic E-state index is 13.7. The van der Waals surface area contributed by atoms with Crippen molar-refractivity contribution in [1.82, 2.24) is 5.32 Å². The second kappa shape index (κ2) is 6.66. The Morgan fingerprint density at radius 2 is 1.85 bits per heavy atom. The lowest BCUT2D eigenvalue weighted by molar-refractivity contribution is 0.168. The van der Waals surface area contributed by atoms with Gasteiger partial charge in [0.05, 0.1) is 0 Å². The van der Waals surface area contributed by atoms with E-state index in [-0.39, 0.29) is 12.1 Å². The Kier molecular flexibility index (Phi) is 5.14. The number of halogens is 2. The van der Waals surface area contributed by atoms with E-state index < -0.39 is 11.6 Å². The second-order valence-corrected chi connectivity index (χ2v) is 6.51. The molecule has 1 aromatic rings. The summed E-state index contributed by atoms with van der Waals surface area (Å²) >= 11 is 0. The Balaban J connectivity index is 2.04. The molecule has 3 atom stereocenters. The van der Waals surface area contributed by atoms with E-state index in [2.05, 4.69) is 26.1 Å².